The largest absolute Gasteiger partial charge is 0.490 e. The van der Waals surface area contributed by atoms with Crippen LogP contribution in [0.15, 0.2) is 41.9 Å². The van der Waals surface area contributed by atoms with Crippen molar-refractivity contribution < 1.29 is 32.6 Å². The Balaban J connectivity index is 0.000000339. The number of carbonyl (C=O) groups is 2. The average Bonchev–Trinajstić information content (AvgIpc) is 3.44. The number of carbonyl (C=O) groups excluding carboxylic acids is 1. The van der Waals surface area contributed by atoms with Crippen molar-refractivity contribution in [2.45, 2.75) is 32.0 Å². The molecule has 1 saturated carbocycles. The quantitative estimate of drug-likeness (QED) is 0.728. The van der Waals surface area contributed by atoms with Crippen LogP contribution in [0, 0.1) is 11.3 Å². The number of carboxylic acid groups (broad SMARTS) is 1. The zero-order valence-corrected chi connectivity index (χ0v) is 17.5. The number of fused-ring (bicyclic) bond motifs is 1. The van der Waals surface area contributed by atoms with Gasteiger partial charge in [0.2, 0.25) is 0 Å². The second kappa shape index (κ2) is 9.78. The molecule has 0 aromatic carbocycles. The van der Waals surface area contributed by atoms with Crippen LogP contribution in [0.5, 0.6) is 0 Å². The summed E-state index contributed by atoms with van der Waals surface area (Å²) in [4.78, 5) is 28.8. The summed E-state index contributed by atoms with van der Waals surface area (Å²) >= 11 is 1.53. The fourth-order valence-electron chi connectivity index (χ4n) is 4.20. The van der Waals surface area contributed by atoms with Gasteiger partial charge < -0.3 is 14.7 Å². The molecule has 1 N–H and O–H groups in total. The Labute approximate surface area is 181 Å². The molecule has 0 unspecified atom stereocenters. The van der Waals surface area contributed by atoms with E-state index in [2.05, 4.69) is 4.98 Å². The highest BCUT2D eigenvalue weighted by Gasteiger charge is 2.50. The lowest BCUT2D eigenvalue weighted by atomic mass is 9.81. The van der Waals surface area contributed by atoms with Crippen LogP contribution >= 0.6 is 11.3 Å². The zero-order chi connectivity index (χ0) is 22.5. The Hall–Kier alpha value is -2.46. The predicted octanol–water partition coefficient (Wildman–Crippen LogP) is 4.24. The first-order valence-corrected chi connectivity index (χ1v) is 10.7. The number of pyridine rings is 1. The molecule has 31 heavy (non-hydrogen) atoms. The van der Waals surface area contributed by atoms with Gasteiger partial charge >= 0.3 is 12.1 Å². The Morgan fingerprint density at radius 3 is 2.68 bits per heavy atom. The molecule has 0 radical (unpaired) electrons. The Morgan fingerprint density at radius 2 is 2.06 bits per heavy atom. The van der Waals surface area contributed by atoms with Gasteiger partial charge in [0.05, 0.1) is 23.8 Å². The third kappa shape index (κ3) is 5.82. The molecule has 1 aliphatic heterocycles. The molecule has 2 fully saturated rings. The minimum atomic E-state index is -5.08. The van der Waals surface area contributed by atoms with E-state index in [4.69, 9.17) is 14.6 Å². The highest BCUT2D eigenvalue weighted by molar-refractivity contribution is 7.12. The van der Waals surface area contributed by atoms with Crippen molar-refractivity contribution in [3.8, 4) is 0 Å². The molecule has 0 bridgehead atoms. The maximum atomic E-state index is 12.7. The summed E-state index contributed by atoms with van der Waals surface area (Å²) in [6.45, 7) is 2.98. The molecular weight excluding hydrogens is 433 g/mol. The summed E-state index contributed by atoms with van der Waals surface area (Å²) in [6.07, 6.45) is 0.334. The molecule has 2 aromatic rings. The van der Waals surface area contributed by atoms with Crippen LogP contribution in [0.4, 0.5) is 13.2 Å². The Kier molecular flexibility index (Phi) is 7.32. The second-order valence-corrected chi connectivity index (χ2v) is 8.68. The number of likely N-dealkylation sites (tertiary alicyclic amines) is 1. The number of thiophene rings is 1. The third-order valence-electron chi connectivity index (χ3n) is 5.67. The van der Waals surface area contributed by atoms with Gasteiger partial charge in [-0.3, -0.25) is 9.78 Å². The lowest BCUT2D eigenvalue weighted by Crippen LogP contribution is -2.34. The average molecular weight is 456 g/mol. The van der Waals surface area contributed by atoms with Crippen LogP contribution in [0.1, 0.15) is 34.6 Å². The third-order valence-corrected chi connectivity index (χ3v) is 6.52. The van der Waals surface area contributed by atoms with Crippen molar-refractivity contribution >= 4 is 23.2 Å². The van der Waals surface area contributed by atoms with Gasteiger partial charge in [-0.05, 0) is 42.3 Å². The summed E-state index contributed by atoms with van der Waals surface area (Å²) in [7, 11) is 0. The molecule has 2 aliphatic rings. The maximum Gasteiger partial charge on any atom is 0.490 e. The van der Waals surface area contributed by atoms with Gasteiger partial charge in [0.1, 0.15) is 0 Å². The summed E-state index contributed by atoms with van der Waals surface area (Å²) in [5.74, 6) is -2.00. The number of amides is 1. The van der Waals surface area contributed by atoms with E-state index in [0.29, 0.717) is 12.5 Å². The van der Waals surface area contributed by atoms with E-state index >= 15 is 0 Å². The minimum Gasteiger partial charge on any atom is -0.475 e. The molecule has 3 heterocycles. The number of nitrogens with zero attached hydrogens (tertiary/aromatic N) is 2. The molecule has 4 rings (SSSR count). The number of halogens is 3. The minimum absolute atomic E-state index is 0.141. The molecule has 10 heteroatoms. The first kappa shape index (κ1) is 23.2. The number of rotatable bonds is 5. The summed E-state index contributed by atoms with van der Waals surface area (Å²) in [6, 6.07) is 9.76. The number of aromatic nitrogens is 1. The number of aliphatic carboxylic acids is 1. The number of hydrogen-bond donors (Lipinski definition) is 1. The van der Waals surface area contributed by atoms with Crippen LogP contribution in [0.25, 0.3) is 0 Å². The standard InChI is InChI=1S/C19H22N2O2S.C2HF3O2/c22-18(17-7-4-10-24-17)21-11-15-5-3-8-19(15,13-21)14-23-12-16-6-1-2-9-20-16;3-2(4,5)1(6)7/h1-2,4,6-7,9-10,15H,3,5,8,11-14H2;(H,6,7)/t15-,19+;/m1./s1. The lowest BCUT2D eigenvalue weighted by Gasteiger charge is -2.28. The van der Waals surface area contributed by atoms with E-state index in [1.54, 1.807) is 6.20 Å². The van der Waals surface area contributed by atoms with Crippen molar-refractivity contribution in [3.63, 3.8) is 0 Å². The molecular formula is C21H23F3N2O4S. The van der Waals surface area contributed by atoms with Gasteiger partial charge in [-0.1, -0.05) is 18.6 Å². The molecule has 2 aromatic heterocycles. The maximum absolute atomic E-state index is 12.7. The Morgan fingerprint density at radius 1 is 1.29 bits per heavy atom. The van der Waals surface area contributed by atoms with Crippen LogP contribution < -0.4 is 0 Å². The van der Waals surface area contributed by atoms with Gasteiger partial charge in [-0.15, -0.1) is 11.3 Å². The van der Waals surface area contributed by atoms with E-state index < -0.39 is 12.1 Å². The van der Waals surface area contributed by atoms with E-state index in [1.807, 2.05) is 40.6 Å². The van der Waals surface area contributed by atoms with E-state index in [1.165, 1.54) is 24.2 Å². The van der Waals surface area contributed by atoms with Crippen LogP contribution in [-0.2, 0) is 16.1 Å². The van der Waals surface area contributed by atoms with Crippen LogP contribution in [0.3, 0.4) is 0 Å². The molecule has 1 amide bonds. The van der Waals surface area contributed by atoms with Gasteiger partial charge in [0.15, 0.2) is 0 Å². The number of carboxylic acids is 1. The molecule has 2 atom stereocenters. The van der Waals surface area contributed by atoms with Gasteiger partial charge in [0, 0.05) is 24.7 Å². The van der Waals surface area contributed by atoms with Crippen molar-refractivity contribution in [2.75, 3.05) is 19.7 Å². The number of alkyl halides is 3. The first-order valence-electron chi connectivity index (χ1n) is 9.82. The molecule has 6 nitrogen and oxygen atoms in total. The fraction of sp³-hybridized carbons (Fsp3) is 0.476. The Bertz CT molecular complexity index is 877. The zero-order valence-electron chi connectivity index (χ0n) is 16.7. The van der Waals surface area contributed by atoms with Crippen LogP contribution in [0.2, 0.25) is 0 Å². The fourth-order valence-corrected chi connectivity index (χ4v) is 4.89. The lowest BCUT2D eigenvalue weighted by molar-refractivity contribution is -0.192. The molecule has 0 spiro atoms. The van der Waals surface area contributed by atoms with E-state index in [-0.39, 0.29) is 11.3 Å². The summed E-state index contributed by atoms with van der Waals surface area (Å²) < 4.78 is 37.8. The topological polar surface area (TPSA) is 79.7 Å². The molecule has 168 valence electrons. The molecule has 1 aliphatic carbocycles. The van der Waals surface area contributed by atoms with Crippen molar-refractivity contribution in [1.29, 1.82) is 0 Å². The number of hydrogen-bond acceptors (Lipinski definition) is 5. The van der Waals surface area contributed by atoms with Crippen molar-refractivity contribution in [1.82, 2.24) is 9.88 Å². The van der Waals surface area contributed by atoms with E-state index in [0.717, 1.165) is 36.7 Å². The smallest absolute Gasteiger partial charge is 0.475 e. The van der Waals surface area contributed by atoms with Gasteiger partial charge in [-0.2, -0.15) is 13.2 Å². The molecule has 1 saturated heterocycles. The highest BCUT2D eigenvalue weighted by Crippen LogP contribution is 2.49. The van der Waals surface area contributed by atoms with Crippen molar-refractivity contribution in [3.05, 3.63) is 52.5 Å². The van der Waals surface area contributed by atoms with Crippen LogP contribution in [-0.4, -0.2) is 52.7 Å². The normalized spacial score (nSPS) is 22.5. The first-order chi connectivity index (χ1) is 14.7. The highest BCUT2D eigenvalue weighted by atomic mass is 32.1. The SMILES string of the molecule is O=C(O)C(F)(F)F.O=C(c1cccs1)N1C[C@H]2CCC[C@@]2(COCc2ccccn2)C1. The number of ether oxygens (including phenoxy) is 1. The summed E-state index contributed by atoms with van der Waals surface area (Å²) in [5.41, 5.74) is 1.11. The predicted molar refractivity (Wildman–Crippen MR) is 108 cm³/mol. The van der Waals surface area contributed by atoms with Gasteiger partial charge in [0.25, 0.3) is 5.91 Å². The van der Waals surface area contributed by atoms with Crippen molar-refractivity contribution in [2.24, 2.45) is 11.3 Å². The monoisotopic (exact) mass is 456 g/mol. The second-order valence-electron chi connectivity index (χ2n) is 7.73. The van der Waals surface area contributed by atoms with E-state index in [9.17, 15) is 18.0 Å². The summed E-state index contributed by atoms with van der Waals surface area (Å²) in [5, 5.41) is 9.09. The van der Waals surface area contributed by atoms with Gasteiger partial charge in [-0.25, -0.2) is 4.79 Å².